The van der Waals surface area contributed by atoms with Gasteiger partial charge in [0, 0.05) is 16.1 Å². The maximum atomic E-state index is 9.59. The molecule has 0 radical (unpaired) electrons. The molecule has 66 valence electrons. The van der Waals surface area contributed by atoms with Crippen LogP contribution in [0.2, 0.25) is 0 Å². The standard InChI is InChI=1S/C10H8BrNO/c1-6-4-7-8(11)2-3-12-10(7)9(13)5-6/h2-5,13H,1H3. The number of aromatic nitrogens is 1. The fourth-order valence-electron chi connectivity index (χ4n) is 1.34. The molecule has 0 unspecified atom stereocenters. The first kappa shape index (κ1) is 8.51. The smallest absolute Gasteiger partial charge is 0.142 e. The van der Waals surface area contributed by atoms with E-state index in [4.69, 9.17) is 0 Å². The zero-order chi connectivity index (χ0) is 9.42. The lowest BCUT2D eigenvalue weighted by atomic mass is 10.1. The Hall–Kier alpha value is -1.09. The van der Waals surface area contributed by atoms with Crippen molar-refractivity contribution in [3.63, 3.8) is 0 Å². The van der Waals surface area contributed by atoms with Crippen molar-refractivity contribution in [3.8, 4) is 5.75 Å². The Morgan fingerprint density at radius 2 is 2.15 bits per heavy atom. The Bertz CT molecular complexity index is 468. The second kappa shape index (κ2) is 3.00. The van der Waals surface area contributed by atoms with Crippen molar-refractivity contribution in [3.05, 3.63) is 34.4 Å². The highest BCUT2D eigenvalue weighted by Crippen LogP contribution is 2.29. The number of nitrogens with zero attached hydrogens (tertiary/aromatic N) is 1. The summed E-state index contributed by atoms with van der Waals surface area (Å²) < 4.78 is 0.955. The average Bonchev–Trinajstić information content (AvgIpc) is 2.07. The van der Waals surface area contributed by atoms with Crippen molar-refractivity contribution in [2.24, 2.45) is 0 Å². The molecule has 2 rings (SSSR count). The highest BCUT2D eigenvalue weighted by Gasteiger charge is 2.04. The van der Waals surface area contributed by atoms with E-state index in [-0.39, 0.29) is 5.75 Å². The van der Waals surface area contributed by atoms with E-state index in [1.165, 1.54) is 0 Å². The first-order chi connectivity index (χ1) is 6.18. The molecule has 0 spiro atoms. The largest absolute Gasteiger partial charge is 0.506 e. The van der Waals surface area contributed by atoms with Crippen molar-refractivity contribution in [1.29, 1.82) is 0 Å². The van der Waals surface area contributed by atoms with Gasteiger partial charge < -0.3 is 5.11 Å². The van der Waals surface area contributed by atoms with Crippen LogP contribution in [0.1, 0.15) is 5.56 Å². The molecule has 0 atom stereocenters. The summed E-state index contributed by atoms with van der Waals surface area (Å²) in [6.45, 7) is 1.94. The number of fused-ring (bicyclic) bond motifs is 1. The molecule has 0 amide bonds. The van der Waals surface area contributed by atoms with E-state index in [1.807, 2.05) is 19.1 Å². The van der Waals surface area contributed by atoms with Crippen LogP contribution >= 0.6 is 15.9 Å². The third kappa shape index (κ3) is 1.40. The molecule has 13 heavy (non-hydrogen) atoms. The number of pyridine rings is 1. The highest BCUT2D eigenvalue weighted by molar-refractivity contribution is 9.10. The van der Waals surface area contributed by atoms with E-state index in [1.54, 1.807) is 12.3 Å². The maximum absolute atomic E-state index is 9.59. The monoisotopic (exact) mass is 237 g/mol. The minimum absolute atomic E-state index is 0.233. The number of phenols is 1. The summed E-state index contributed by atoms with van der Waals surface area (Å²) in [6, 6.07) is 5.56. The fourth-order valence-corrected chi connectivity index (χ4v) is 1.76. The Morgan fingerprint density at radius 1 is 1.38 bits per heavy atom. The number of aromatic hydroxyl groups is 1. The predicted octanol–water partition coefficient (Wildman–Crippen LogP) is 3.01. The number of benzene rings is 1. The molecule has 0 saturated heterocycles. The Morgan fingerprint density at radius 3 is 2.92 bits per heavy atom. The van der Waals surface area contributed by atoms with Gasteiger partial charge in [0.15, 0.2) is 0 Å². The van der Waals surface area contributed by atoms with E-state index >= 15 is 0 Å². The minimum Gasteiger partial charge on any atom is -0.506 e. The summed E-state index contributed by atoms with van der Waals surface area (Å²) in [5, 5.41) is 10.5. The van der Waals surface area contributed by atoms with Gasteiger partial charge in [0.2, 0.25) is 0 Å². The van der Waals surface area contributed by atoms with Crippen LogP contribution in [0.25, 0.3) is 10.9 Å². The molecule has 0 bridgehead atoms. The van der Waals surface area contributed by atoms with E-state index in [0.29, 0.717) is 5.52 Å². The van der Waals surface area contributed by atoms with Gasteiger partial charge in [0.25, 0.3) is 0 Å². The van der Waals surface area contributed by atoms with E-state index in [0.717, 1.165) is 15.4 Å². The summed E-state index contributed by atoms with van der Waals surface area (Å²) in [5.74, 6) is 0.233. The minimum atomic E-state index is 0.233. The van der Waals surface area contributed by atoms with Crippen LogP contribution in [0.4, 0.5) is 0 Å². The molecule has 1 N–H and O–H groups in total. The Labute approximate surface area is 84.4 Å². The normalized spacial score (nSPS) is 10.6. The van der Waals surface area contributed by atoms with Crippen molar-refractivity contribution < 1.29 is 5.11 Å². The lowest BCUT2D eigenvalue weighted by Gasteiger charge is -2.03. The van der Waals surface area contributed by atoms with Crippen LogP contribution in [0.15, 0.2) is 28.9 Å². The van der Waals surface area contributed by atoms with Crippen molar-refractivity contribution in [1.82, 2.24) is 4.98 Å². The van der Waals surface area contributed by atoms with Crippen molar-refractivity contribution >= 4 is 26.8 Å². The molecule has 0 aliphatic carbocycles. The van der Waals surface area contributed by atoms with Gasteiger partial charge in [-0.2, -0.15) is 0 Å². The van der Waals surface area contributed by atoms with Crippen LogP contribution in [0.5, 0.6) is 5.75 Å². The van der Waals surface area contributed by atoms with E-state index in [2.05, 4.69) is 20.9 Å². The molecule has 3 heteroatoms. The van der Waals surface area contributed by atoms with Crippen LogP contribution in [-0.2, 0) is 0 Å². The number of hydrogen-bond acceptors (Lipinski definition) is 2. The molecule has 0 saturated carbocycles. The van der Waals surface area contributed by atoms with Gasteiger partial charge in [-0.05, 0) is 30.7 Å². The molecule has 0 aliphatic rings. The lowest BCUT2D eigenvalue weighted by Crippen LogP contribution is -1.82. The van der Waals surface area contributed by atoms with Gasteiger partial charge in [-0.25, -0.2) is 0 Å². The Kier molecular flexibility index (Phi) is 1.96. The third-order valence-electron chi connectivity index (χ3n) is 1.92. The number of phenolic OH excluding ortho intramolecular Hbond substituents is 1. The SMILES string of the molecule is Cc1cc(O)c2nccc(Br)c2c1. The molecular formula is C10H8BrNO. The van der Waals surface area contributed by atoms with Gasteiger partial charge >= 0.3 is 0 Å². The average molecular weight is 238 g/mol. The first-order valence-corrected chi connectivity index (χ1v) is 4.71. The van der Waals surface area contributed by atoms with Gasteiger partial charge in [-0.3, -0.25) is 4.98 Å². The summed E-state index contributed by atoms with van der Waals surface area (Å²) in [6.07, 6.45) is 1.67. The third-order valence-corrected chi connectivity index (χ3v) is 2.61. The molecule has 2 nitrogen and oxygen atoms in total. The molecule has 1 heterocycles. The zero-order valence-corrected chi connectivity index (χ0v) is 8.67. The molecular weight excluding hydrogens is 230 g/mol. The summed E-state index contributed by atoms with van der Waals surface area (Å²) >= 11 is 3.41. The second-order valence-corrected chi connectivity index (χ2v) is 3.83. The predicted molar refractivity (Wildman–Crippen MR) is 55.8 cm³/mol. The van der Waals surface area contributed by atoms with Crippen LogP contribution in [-0.4, -0.2) is 10.1 Å². The van der Waals surface area contributed by atoms with Gasteiger partial charge in [0.1, 0.15) is 11.3 Å². The lowest BCUT2D eigenvalue weighted by molar-refractivity contribution is 0.480. The van der Waals surface area contributed by atoms with Crippen LogP contribution < -0.4 is 0 Å². The van der Waals surface area contributed by atoms with E-state index < -0.39 is 0 Å². The summed E-state index contributed by atoms with van der Waals surface area (Å²) in [7, 11) is 0. The quantitative estimate of drug-likeness (QED) is 0.765. The number of rotatable bonds is 0. The second-order valence-electron chi connectivity index (χ2n) is 2.97. The number of halogens is 1. The number of aryl methyl sites for hydroxylation is 1. The van der Waals surface area contributed by atoms with Gasteiger partial charge in [-0.1, -0.05) is 15.9 Å². The summed E-state index contributed by atoms with van der Waals surface area (Å²) in [5.41, 5.74) is 1.67. The van der Waals surface area contributed by atoms with Crippen molar-refractivity contribution in [2.75, 3.05) is 0 Å². The van der Waals surface area contributed by atoms with Gasteiger partial charge in [-0.15, -0.1) is 0 Å². The number of hydrogen-bond donors (Lipinski definition) is 1. The molecule has 1 aromatic heterocycles. The highest BCUT2D eigenvalue weighted by atomic mass is 79.9. The molecule has 2 aromatic rings. The van der Waals surface area contributed by atoms with Crippen molar-refractivity contribution in [2.45, 2.75) is 6.92 Å². The van der Waals surface area contributed by atoms with Crippen LogP contribution in [0, 0.1) is 6.92 Å². The van der Waals surface area contributed by atoms with Gasteiger partial charge in [0.05, 0.1) is 0 Å². The maximum Gasteiger partial charge on any atom is 0.142 e. The molecule has 0 aliphatic heterocycles. The topological polar surface area (TPSA) is 33.1 Å². The first-order valence-electron chi connectivity index (χ1n) is 3.92. The molecule has 0 fully saturated rings. The molecule has 1 aromatic carbocycles. The van der Waals surface area contributed by atoms with E-state index in [9.17, 15) is 5.11 Å². The fraction of sp³-hybridized carbons (Fsp3) is 0.100. The summed E-state index contributed by atoms with van der Waals surface area (Å²) in [4.78, 5) is 4.10. The zero-order valence-electron chi connectivity index (χ0n) is 7.08. The van der Waals surface area contributed by atoms with Crippen LogP contribution in [0.3, 0.4) is 0 Å². The Balaban J connectivity index is 2.94.